The van der Waals surface area contributed by atoms with E-state index in [1.54, 1.807) is 7.11 Å². The predicted octanol–water partition coefficient (Wildman–Crippen LogP) is 3.65. The highest BCUT2D eigenvalue weighted by atomic mass is 16.5. The van der Waals surface area contributed by atoms with Crippen molar-refractivity contribution in [2.45, 2.75) is 41.0 Å². The van der Waals surface area contributed by atoms with Gasteiger partial charge < -0.3 is 10.1 Å². The molecule has 0 aromatic heterocycles. The van der Waals surface area contributed by atoms with Crippen molar-refractivity contribution in [3.63, 3.8) is 0 Å². The zero-order valence-electron chi connectivity index (χ0n) is 13.6. The van der Waals surface area contributed by atoms with E-state index in [0.717, 1.165) is 18.7 Å². The van der Waals surface area contributed by atoms with Gasteiger partial charge in [0.05, 0.1) is 7.11 Å². The molecule has 0 bridgehead atoms. The summed E-state index contributed by atoms with van der Waals surface area (Å²) >= 11 is 0. The second kappa shape index (κ2) is 6.95. The molecule has 1 aromatic rings. The monoisotopic (exact) mass is 263 g/mol. The average Bonchev–Trinajstić information content (AvgIpc) is 2.35. The largest absolute Gasteiger partial charge is 0.496 e. The molecule has 108 valence electrons. The van der Waals surface area contributed by atoms with Gasteiger partial charge in [-0.15, -0.1) is 0 Å². The van der Waals surface area contributed by atoms with Crippen LogP contribution in [0.3, 0.4) is 0 Å². The molecule has 0 spiro atoms. The number of rotatable bonds is 6. The van der Waals surface area contributed by atoms with E-state index >= 15 is 0 Å². The van der Waals surface area contributed by atoms with Gasteiger partial charge in [0.1, 0.15) is 5.75 Å². The second-order valence-electron chi connectivity index (χ2n) is 5.90. The Bertz CT molecular complexity index is 424. The number of nitrogens with one attached hydrogen (secondary N) is 1. The van der Waals surface area contributed by atoms with Gasteiger partial charge in [-0.05, 0) is 74.9 Å². The van der Waals surface area contributed by atoms with Gasteiger partial charge >= 0.3 is 0 Å². The molecule has 0 fully saturated rings. The fourth-order valence-corrected chi connectivity index (χ4v) is 2.76. The molecule has 0 saturated carbocycles. The second-order valence-corrected chi connectivity index (χ2v) is 5.90. The Labute approximate surface area is 118 Å². The third-order valence-corrected chi connectivity index (χ3v) is 4.23. The Morgan fingerprint density at radius 2 is 1.79 bits per heavy atom. The maximum absolute atomic E-state index is 5.50. The maximum atomic E-state index is 5.50. The van der Waals surface area contributed by atoms with Crippen LogP contribution >= 0.6 is 0 Å². The lowest BCUT2D eigenvalue weighted by molar-refractivity contribution is 0.369. The van der Waals surface area contributed by atoms with E-state index in [4.69, 9.17) is 4.74 Å². The zero-order chi connectivity index (χ0) is 14.6. The third-order valence-electron chi connectivity index (χ3n) is 4.23. The summed E-state index contributed by atoms with van der Waals surface area (Å²) < 4.78 is 5.50. The predicted molar refractivity (Wildman–Crippen MR) is 83.2 cm³/mol. The molecular weight excluding hydrogens is 234 g/mol. The lowest BCUT2D eigenvalue weighted by atomic mass is 9.86. The topological polar surface area (TPSA) is 21.3 Å². The van der Waals surface area contributed by atoms with Crippen LogP contribution in [0.15, 0.2) is 6.07 Å². The van der Waals surface area contributed by atoms with Crippen molar-refractivity contribution >= 4 is 0 Å². The molecule has 0 aliphatic rings. The van der Waals surface area contributed by atoms with Crippen molar-refractivity contribution in [3.8, 4) is 5.75 Å². The van der Waals surface area contributed by atoms with Gasteiger partial charge in [-0.3, -0.25) is 0 Å². The number of aryl methyl sites for hydroxylation is 1. The van der Waals surface area contributed by atoms with Gasteiger partial charge in [0, 0.05) is 0 Å². The SMILES string of the molecule is CNCC(Cc1cc(C)c(OC)c(C)c1C)C(C)C. The molecule has 0 aliphatic heterocycles. The number of methoxy groups -OCH3 is 1. The van der Waals surface area contributed by atoms with E-state index in [1.165, 1.54) is 22.3 Å². The van der Waals surface area contributed by atoms with Crippen LogP contribution in [-0.4, -0.2) is 20.7 Å². The summed E-state index contributed by atoms with van der Waals surface area (Å²) in [4.78, 5) is 0. The summed E-state index contributed by atoms with van der Waals surface area (Å²) in [6.45, 7) is 12.2. The van der Waals surface area contributed by atoms with E-state index in [9.17, 15) is 0 Å². The molecule has 19 heavy (non-hydrogen) atoms. The van der Waals surface area contributed by atoms with Gasteiger partial charge in [-0.25, -0.2) is 0 Å². The van der Waals surface area contributed by atoms with Crippen molar-refractivity contribution in [2.24, 2.45) is 11.8 Å². The first-order valence-corrected chi connectivity index (χ1v) is 7.20. The minimum absolute atomic E-state index is 0.677. The van der Waals surface area contributed by atoms with Crippen LogP contribution in [0.2, 0.25) is 0 Å². The van der Waals surface area contributed by atoms with E-state index < -0.39 is 0 Å². The Kier molecular flexibility index (Phi) is 5.86. The number of hydrogen-bond donors (Lipinski definition) is 1. The van der Waals surface area contributed by atoms with Crippen molar-refractivity contribution in [2.75, 3.05) is 20.7 Å². The fourth-order valence-electron chi connectivity index (χ4n) is 2.76. The average molecular weight is 263 g/mol. The molecular formula is C17H29NO. The van der Waals surface area contributed by atoms with Crippen LogP contribution in [0.1, 0.15) is 36.1 Å². The van der Waals surface area contributed by atoms with Gasteiger partial charge in [-0.1, -0.05) is 19.9 Å². The molecule has 2 heteroatoms. The summed E-state index contributed by atoms with van der Waals surface area (Å²) in [5, 5.41) is 3.32. The molecule has 0 radical (unpaired) electrons. The maximum Gasteiger partial charge on any atom is 0.124 e. The standard InChI is InChI=1S/C17H29NO/c1-11(2)16(10-18-6)9-15-8-12(3)17(19-7)14(5)13(15)4/h8,11,16,18H,9-10H2,1-7H3. The summed E-state index contributed by atoms with van der Waals surface area (Å²) in [7, 11) is 3.79. The molecule has 0 saturated heterocycles. The lowest BCUT2D eigenvalue weighted by Crippen LogP contribution is -2.25. The van der Waals surface area contributed by atoms with Crippen LogP contribution in [0, 0.1) is 32.6 Å². The summed E-state index contributed by atoms with van der Waals surface area (Å²) in [5.41, 5.74) is 5.37. The highest BCUT2D eigenvalue weighted by molar-refractivity contribution is 5.49. The smallest absolute Gasteiger partial charge is 0.124 e. The third kappa shape index (κ3) is 3.73. The summed E-state index contributed by atoms with van der Waals surface area (Å²) in [5.74, 6) is 2.40. The molecule has 1 aromatic carbocycles. The normalized spacial score (nSPS) is 12.8. The van der Waals surface area contributed by atoms with Crippen LogP contribution in [0.4, 0.5) is 0 Å². The molecule has 1 rings (SSSR count). The van der Waals surface area contributed by atoms with Crippen molar-refractivity contribution in [3.05, 3.63) is 28.3 Å². The number of benzene rings is 1. The van der Waals surface area contributed by atoms with E-state index in [-0.39, 0.29) is 0 Å². The van der Waals surface area contributed by atoms with Crippen LogP contribution in [0.25, 0.3) is 0 Å². The number of hydrogen-bond acceptors (Lipinski definition) is 2. The number of ether oxygens (including phenoxy) is 1. The van der Waals surface area contributed by atoms with Gasteiger partial charge in [0.2, 0.25) is 0 Å². The Morgan fingerprint density at radius 1 is 1.16 bits per heavy atom. The first kappa shape index (κ1) is 16.0. The Morgan fingerprint density at radius 3 is 2.26 bits per heavy atom. The molecule has 1 unspecified atom stereocenters. The zero-order valence-corrected chi connectivity index (χ0v) is 13.6. The van der Waals surface area contributed by atoms with Crippen molar-refractivity contribution in [1.29, 1.82) is 0 Å². The van der Waals surface area contributed by atoms with E-state index in [0.29, 0.717) is 11.8 Å². The summed E-state index contributed by atoms with van der Waals surface area (Å²) in [6.07, 6.45) is 1.13. The first-order valence-electron chi connectivity index (χ1n) is 7.20. The highest BCUT2D eigenvalue weighted by Gasteiger charge is 2.17. The summed E-state index contributed by atoms with van der Waals surface area (Å²) in [6, 6.07) is 2.30. The molecule has 0 heterocycles. The Balaban J connectivity index is 3.07. The van der Waals surface area contributed by atoms with Gasteiger partial charge in [0.15, 0.2) is 0 Å². The van der Waals surface area contributed by atoms with Crippen LogP contribution in [0.5, 0.6) is 5.75 Å². The van der Waals surface area contributed by atoms with Crippen molar-refractivity contribution in [1.82, 2.24) is 5.32 Å². The van der Waals surface area contributed by atoms with E-state index in [2.05, 4.69) is 46.0 Å². The minimum atomic E-state index is 0.677. The van der Waals surface area contributed by atoms with Crippen LogP contribution in [-0.2, 0) is 6.42 Å². The molecule has 0 amide bonds. The molecule has 0 aliphatic carbocycles. The quantitative estimate of drug-likeness (QED) is 0.846. The fraction of sp³-hybridized carbons (Fsp3) is 0.647. The first-order chi connectivity index (χ1) is 8.92. The van der Waals surface area contributed by atoms with Gasteiger partial charge in [0.25, 0.3) is 0 Å². The van der Waals surface area contributed by atoms with Gasteiger partial charge in [-0.2, -0.15) is 0 Å². The highest BCUT2D eigenvalue weighted by Crippen LogP contribution is 2.30. The van der Waals surface area contributed by atoms with E-state index in [1.807, 2.05) is 7.05 Å². The lowest BCUT2D eigenvalue weighted by Gasteiger charge is -2.23. The molecule has 1 atom stereocenters. The minimum Gasteiger partial charge on any atom is -0.496 e. The van der Waals surface area contributed by atoms with Crippen molar-refractivity contribution < 1.29 is 4.74 Å². The van der Waals surface area contributed by atoms with Crippen LogP contribution < -0.4 is 10.1 Å². The Hall–Kier alpha value is -1.02. The molecule has 1 N–H and O–H groups in total. The molecule has 2 nitrogen and oxygen atoms in total.